The SMILES string of the molecule is CCn1c(-c2ccc(N)c(Br)c2)nc2cc(C)ccc21. The Morgan fingerprint density at radius 2 is 2.00 bits per heavy atom. The van der Waals surface area contributed by atoms with Crippen molar-refractivity contribution < 1.29 is 0 Å². The fraction of sp³-hybridized carbons (Fsp3) is 0.188. The van der Waals surface area contributed by atoms with Gasteiger partial charge in [-0.2, -0.15) is 0 Å². The highest BCUT2D eigenvalue weighted by atomic mass is 79.9. The molecule has 20 heavy (non-hydrogen) atoms. The summed E-state index contributed by atoms with van der Waals surface area (Å²) in [7, 11) is 0. The fourth-order valence-corrected chi connectivity index (χ4v) is 2.83. The topological polar surface area (TPSA) is 43.8 Å². The van der Waals surface area contributed by atoms with E-state index in [0.717, 1.165) is 33.6 Å². The van der Waals surface area contributed by atoms with E-state index in [1.54, 1.807) is 0 Å². The summed E-state index contributed by atoms with van der Waals surface area (Å²) in [4.78, 5) is 4.79. The zero-order chi connectivity index (χ0) is 14.3. The Bertz CT molecular complexity index is 790. The summed E-state index contributed by atoms with van der Waals surface area (Å²) in [5.74, 6) is 0.980. The molecule has 0 atom stereocenters. The molecule has 0 saturated carbocycles. The van der Waals surface area contributed by atoms with Crippen LogP contribution in [0.2, 0.25) is 0 Å². The van der Waals surface area contributed by atoms with Gasteiger partial charge in [-0.3, -0.25) is 0 Å². The molecule has 2 N–H and O–H groups in total. The first kappa shape index (κ1) is 13.2. The highest BCUT2D eigenvalue weighted by molar-refractivity contribution is 9.10. The smallest absolute Gasteiger partial charge is 0.141 e. The monoisotopic (exact) mass is 329 g/mol. The van der Waals surface area contributed by atoms with Gasteiger partial charge in [-0.25, -0.2) is 4.98 Å². The summed E-state index contributed by atoms with van der Waals surface area (Å²) < 4.78 is 3.13. The number of aromatic nitrogens is 2. The van der Waals surface area contributed by atoms with Gasteiger partial charge in [0.15, 0.2) is 0 Å². The third kappa shape index (κ3) is 2.10. The van der Waals surface area contributed by atoms with Crippen LogP contribution >= 0.6 is 15.9 Å². The molecule has 0 aliphatic rings. The van der Waals surface area contributed by atoms with Gasteiger partial charge in [0.05, 0.1) is 11.0 Å². The molecule has 0 unspecified atom stereocenters. The number of fused-ring (bicyclic) bond motifs is 1. The molecule has 0 bridgehead atoms. The highest BCUT2D eigenvalue weighted by Gasteiger charge is 2.12. The van der Waals surface area contributed by atoms with E-state index in [2.05, 4.69) is 52.5 Å². The standard InChI is InChI=1S/C16H16BrN3/c1-3-20-15-7-4-10(2)8-14(15)19-16(20)11-5-6-13(18)12(17)9-11/h4-9H,3,18H2,1-2H3. The van der Waals surface area contributed by atoms with E-state index >= 15 is 0 Å². The maximum atomic E-state index is 5.86. The van der Waals surface area contributed by atoms with Gasteiger partial charge in [0, 0.05) is 22.3 Å². The van der Waals surface area contributed by atoms with Gasteiger partial charge in [-0.05, 0) is 65.7 Å². The minimum absolute atomic E-state index is 0.740. The molecule has 0 spiro atoms. The maximum absolute atomic E-state index is 5.86. The van der Waals surface area contributed by atoms with E-state index in [1.165, 1.54) is 11.1 Å². The Hall–Kier alpha value is -1.81. The molecule has 4 heteroatoms. The van der Waals surface area contributed by atoms with Crippen molar-refractivity contribution in [1.29, 1.82) is 0 Å². The summed E-state index contributed by atoms with van der Waals surface area (Å²) >= 11 is 3.48. The van der Waals surface area contributed by atoms with Gasteiger partial charge >= 0.3 is 0 Å². The lowest BCUT2D eigenvalue weighted by atomic mass is 10.2. The van der Waals surface area contributed by atoms with Crippen molar-refractivity contribution in [2.45, 2.75) is 20.4 Å². The summed E-state index contributed by atoms with van der Waals surface area (Å²) in [5.41, 5.74) is 11.1. The Morgan fingerprint density at radius 1 is 1.20 bits per heavy atom. The first-order valence-corrected chi connectivity index (χ1v) is 7.41. The third-order valence-corrected chi connectivity index (χ3v) is 4.17. The molecule has 0 amide bonds. The van der Waals surface area contributed by atoms with Gasteiger partial charge in [-0.15, -0.1) is 0 Å². The molecule has 1 heterocycles. The van der Waals surface area contributed by atoms with Crippen LogP contribution in [0.5, 0.6) is 0 Å². The number of halogens is 1. The van der Waals surface area contributed by atoms with Crippen molar-refractivity contribution in [2.75, 3.05) is 5.73 Å². The van der Waals surface area contributed by atoms with Gasteiger partial charge in [0.2, 0.25) is 0 Å². The number of hydrogen-bond donors (Lipinski definition) is 1. The molecule has 3 aromatic rings. The number of benzene rings is 2. The van der Waals surface area contributed by atoms with Crippen LogP contribution in [-0.4, -0.2) is 9.55 Å². The van der Waals surface area contributed by atoms with Crippen molar-refractivity contribution in [1.82, 2.24) is 9.55 Å². The minimum atomic E-state index is 0.740. The second kappa shape index (κ2) is 4.94. The van der Waals surface area contributed by atoms with E-state index in [0.29, 0.717) is 0 Å². The molecule has 1 aromatic heterocycles. The Kier molecular flexibility index (Phi) is 3.26. The van der Waals surface area contributed by atoms with E-state index in [-0.39, 0.29) is 0 Å². The van der Waals surface area contributed by atoms with Crippen LogP contribution < -0.4 is 5.73 Å². The van der Waals surface area contributed by atoms with E-state index < -0.39 is 0 Å². The predicted molar refractivity (Wildman–Crippen MR) is 87.7 cm³/mol. The Labute approximate surface area is 126 Å². The van der Waals surface area contributed by atoms with Crippen LogP contribution in [0.1, 0.15) is 12.5 Å². The lowest BCUT2D eigenvalue weighted by Crippen LogP contribution is -1.98. The summed E-state index contributed by atoms with van der Waals surface area (Å²) in [6.07, 6.45) is 0. The molecule has 0 saturated heterocycles. The zero-order valence-electron chi connectivity index (χ0n) is 11.5. The second-order valence-electron chi connectivity index (χ2n) is 4.91. The molecule has 102 valence electrons. The van der Waals surface area contributed by atoms with Crippen molar-refractivity contribution in [3.63, 3.8) is 0 Å². The van der Waals surface area contributed by atoms with Crippen molar-refractivity contribution in [3.8, 4) is 11.4 Å². The number of nitrogens with two attached hydrogens (primary N) is 1. The van der Waals surface area contributed by atoms with Crippen molar-refractivity contribution in [3.05, 3.63) is 46.4 Å². The van der Waals surface area contributed by atoms with E-state index in [4.69, 9.17) is 10.7 Å². The summed E-state index contributed by atoms with van der Waals surface area (Å²) in [6, 6.07) is 12.3. The second-order valence-corrected chi connectivity index (χ2v) is 5.76. The summed E-state index contributed by atoms with van der Waals surface area (Å²) in [6.45, 7) is 5.11. The van der Waals surface area contributed by atoms with Crippen LogP contribution in [0.3, 0.4) is 0 Å². The molecule has 0 aliphatic heterocycles. The van der Waals surface area contributed by atoms with Crippen LogP contribution in [0.4, 0.5) is 5.69 Å². The zero-order valence-corrected chi connectivity index (χ0v) is 13.1. The molecule has 0 fully saturated rings. The molecule has 3 nitrogen and oxygen atoms in total. The number of hydrogen-bond acceptors (Lipinski definition) is 2. The fourth-order valence-electron chi connectivity index (χ4n) is 2.45. The average molecular weight is 330 g/mol. The molecule has 0 aliphatic carbocycles. The lowest BCUT2D eigenvalue weighted by Gasteiger charge is -2.07. The number of nitrogen functional groups attached to an aromatic ring is 1. The van der Waals surface area contributed by atoms with Crippen LogP contribution in [0.15, 0.2) is 40.9 Å². The van der Waals surface area contributed by atoms with Crippen molar-refractivity contribution in [2.24, 2.45) is 0 Å². The minimum Gasteiger partial charge on any atom is -0.398 e. The number of nitrogens with zero attached hydrogens (tertiary/aromatic N) is 2. The quantitative estimate of drug-likeness (QED) is 0.709. The van der Waals surface area contributed by atoms with Crippen molar-refractivity contribution >= 4 is 32.7 Å². The van der Waals surface area contributed by atoms with Gasteiger partial charge in [0.1, 0.15) is 5.82 Å². The number of aryl methyl sites for hydroxylation is 2. The molecular weight excluding hydrogens is 314 g/mol. The Balaban J connectivity index is 2.26. The summed E-state index contributed by atoms with van der Waals surface area (Å²) in [5, 5.41) is 0. The molecule has 2 aromatic carbocycles. The van der Waals surface area contributed by atoms with Crippen LogP contribution in [0.25, 0.3) is 22.4 Å². The Morgan fingerprint density at radius 3 is 2.70 bits per heavy atom. The first-order valence-electron chi connectivity index (χ1n) is 6.62. The highest BCUT2D eigenvalue weighted by Crippen LogP contribution is 2.29. The maximum Gasteiger partial charge on any atom is 0.141 e. The number of imidazole rings is 1. The normalized spacial score (nSPS) is 11.2. The van der Waals surface area contributed by atoms with E-state index in [9.17, 15) is 0 Å². The van der Waals surface area contributed by atoms with Gasteiger partial charge < -0.3 is 10.3 Å². The lowest BCUT2D eigenvalue weighted by molar-refractivity contribution is 0.796. The predicted octanol–water partition coefficient (Wildman–Crippen LogP) is 4.38. The molecule has 3 rings (SSSR count). The molecular formula is C16H16BrN3. The molecule has 0 radical (unpaired) electrons. The average Bonchev–Trinajstić information content (AvgIpc) is 2.79. The third-order valence-electron chi connectivity index (χ3n) is 3.48. The number of anilines is 1. The van der Waals surface area contributed by atoms with Crippen LogP contribution in [0, 0.1) is 6.92 Å². The van der Waals surface area contributed by atoms with Gasteiger partial charge in [0.25, 0.3) is 0 Å². The van der Waals surface area contributed by atoms with Crippen LogP contribution in [-0.2, 0) is 6.54 Å². The first-order chi connectivity index (χ1) is 9.60. The van der Waals surface area contributed by atoms with E-state index in [1.807, 2.05) is 18.2 Å². The number of rotatable bonds is 2. The largest absolute Gasteiger partial charge is 0.398 e. The van der Waals surface area contributed by atoms with Gasteiger partial charge in [-0.1, -0.05) is 6.07 Å².